The number of nitrogens with one attached hydrogen (secondary N) is 2. The maximum absolute atomic E-state index is 13.4. The topological polar surface area (TPSA) is 126 Å². The molecule has 1 aromatic carbocycles. The van der Waals surface area contributed by atoms with E-state index in [1.807, 2.05) is 42.6 Å². The molecule has 5 rings (SSSR count). The molecule has 0 saturated carbocycles. The maximum atomic E-state index is 13.4. The Morgan fingerprint density at radius 3 is 2.81 bits per heavy atom. The van der Waals surface area contributed by atoms with Crippen molar-refractivity contribution in [3.8, 4) is 0 Å². The minimum atomic E-state index is -0.994. The molecule has 0 radical (unpaired) electrons. The zero-order chi connectivity index (χ0) is 21.6. The highest BCUT2D eigenvalue weighted by Crippen LogP contribution is 2.42. The molecule has 31 heavy (non-hydrogen) atoms. The standard InChI is InChI=1S/C21H21N7O2S/c1-12-4-6-13(7-5-12)23-19-25-16(24-18(22)26-19)11-28-17(29)21(27-20(28)30)9-2-3-15-14(21)8-10-31-15/h4-8,10H,2-3,9,11H2,1H3,(H,27,30)(H3,22,23,24,25,26). The quantitative estimate of drug-likeness (QED) is 0.538. The lowest BCUT2D eigenvalue weighted by molar-refractivity contribution is -0.132. The summed E-state index contributed by atoms with van der Waals surface area (Å²) in [6.45, 7) is 1.92. The van der Waals surface area contributed by atoms with Gasteiger partial charge in [0.05, 0.1) is 6.54 Å². The summed E-state index contributed by atoms with van der Waals surface area (Å²) in [7, 11) is 0. The number of hydrogen-bond acceptors (Lipinski definition) is 8. The monoisotopic (exact) mass is 435 g/mol. The smallest absolute Gasteiger partial charge is 0.325 e. The van der Waals surface area contributed by atoms with Gasteiger partial charge < -0.3 is 16.4 Å². The second-order valence-electron chi connectivity index (χ2n) is 7.76. The van der Waals surface area contributed by atoms with Crippen LogP contribution in [-0.2, 0) is 23.3 Å². The van der Waals surface area contributed by atoms with Gasteiger partial charge in [-0.1, -0.05) is 17.7 Å². The van der Waals surface area contributed by atoms with Crippen molar-refractivity contribution in [2.45, 2.75) is 38.3 Å². The predicted molar refractivity (Wildman–Crippen MR) is 117 cm³/mol. The van der Waals surface area contributed by atoms with Crippen LogP contribution >= 0.6 is 11.3 Å². The molecule has 2 aromatic heterocycles. The summed E-state index contributed by atoms with van der Waals surface area (Å²) in [5.41, 5.74) is 7.70. The highest BCUT2D eigenvalue weighted by molar-refractivity contribution is 7.10. The molecule has 9 nitrogen and oxygen atoms in total. The number of hydrogen-bond donors (Lipinski definition) is 3. The fraction of sp³-hybridized carbons (Fsp3) is 0.286. The Hall–Kier alpha value is -3.53. The van der Waals surface area contributed by atoms with Crippen molar-refractivity contribution in [2.75, 3.05) is 11.1 Å². The highest BCUT2D eigenvalue weighted by atomic mass is 32.1. The molecule has 1 saturated heterocycles. The molecule has 3 amide bonds. The molecule has 158 valence electrons. The van der Waals surface area contributed by atoms with Gasteiger partial charge in [0.1, 0.15) is 5.54 Å². The molecule has 2 aliphatic rings. The van der Waals surface area contributed by atoms with Crippen LogP contribution in [0.3, 0.4) is 0 Å². The number of thiophene rings is 1. The number of anilines is 3. The van der Waals surface area contributed by atoms with Crippen molar-refractivity contribution in [3.05, 3.63) is 57.5 Å². The Morgan fingerprint density at radius 2 is 2.00 bits per heavy atom. The molecule has 1 aliphatic heterocycles. The molecule has 10 heteroatoms. The minimum absolute atomic E-state index is 0.0131. The number of fused-ring (bicyclic) bond motifs is 2. The Bertz CT molecular complexity index is 1180. The number of nitrogens with zero attached hydrogens (tertiary/aromatic N) is 4. The summed E-state index contributed by atoms with van der Waals surface area (Å²) < 4.78 is 0. The van der Waals surface area contributed by atoms with E-state index in [1.165, 1.54) is 0 Å². The second-order valence-corrected chi connectivity index (χ2v) is 8.76. The van der Waals surface area contributed by atoms with Crippen LogP contribution in [0, 0.1) is 6.92 Å². The molecule has 1 atom stereocenters. The Balaban J connectivity index is 1.40. The number of carbonyl (C=O) groups is 2. The first-order valence-corrected chi connectivity index (χ1v) is 10.9. The molecule has 3 heterocycles. The number of amides is 3. The van der Waals surface area contributed by atoms with Crippen molar-refractivity contribution in [3.63, 3.8) is 0 Å². The third kappa shape index (κ3) is 3.38. The highest BCUT2D eigenvalue weighted by Gasteiger charge is 2.54. The zero-order valence-electron chi connectivity index (χ0n) is 16.9. The van der Waals surface area contributed by atoms with Gasteiger partial charge in [-0.3, -0.25) is 9.69 Å². The van der Waals surface area contributed by atoms with Gasteiger partial charge in [-0.15, -0.1) is 11.3 Å². The van der Waals surface area contributed by atoms with Gasteiger partial charge in [-0.25, -0.2) is 4.79 Å². The molecular formula is C21H21N7O2S. The van der Waals surface area contributed by atoms with Crippen LogP contribution in [0.2, 0.25) is 0 Å². The molecule has 1 aliphatic carbocycles. The SMILES string of the molecule is Cc1ccc(Nc2nc(N)nc(CN3C(=O)NC4(CCCc5sccc54)C3=O)n2)cc1. The lowest BCUT2D eigenvalue weighted by atomic mass is 9.80. The first kappa shape index (κ1) is 19.4. The zero-order valence-corrected chi connectivity index (χ0v) is 17.7. The number of carbonyl (C=O) groups excluding carboxylic acids is 2. The maximum Gasteiger partial charge on any atom is 0.325 e. The van der Waals surface area contributed by atoms with Crippen molar-refractivity contribution >= 4 is 40.9 Å². The normalized spacial score (nSPS) is 20.1. The van der Waals surface area contributed by atoms with Gasteiger partial charge >= 0.3 is 6.03 Å². The Labute approximate surface area is 182 Å². The third-order valence-corrected chi connectivity index (χ3v) is 6.62. The Morgan fingerprint density at radius 1 is 1.19 bits per heavy atom. The van der Waals surface area contributed by atoms with E-state index >= 15 is 0 Å². The third-order valence-electron chi connectivity index (χ3n) is 5.64. The summed E-state index contributed by atoms with van der Waals surface area (Å²) in [5.74, 6) is 0.234. The van der Waals surface area contributed by atoms with Crippen molar-refractivity contribution in [2.24, 2.45) is 0 Å². The Kier molecular flexibility index (Phi) is 4.58. The van der Waals surface area contributed by atoms with Crippen molar-refractivity contribution < 1.29 is 9.59 Å². The number of imide groups is 1. The van der Waals surface area contributed by atoms with E-state index in [9.17, 15) is 9.59 Å². The number of nitrogen functional groups attached to an aromatic ring is 1. The van der Waals surface area contributed by atoms with E-state index in [4.69, 9.17) is 5.73 Å². The summed E-state index contributed by atoms with van der Waals surface area (Å²) in [4.78, 5) is 41.1. The molecule has 1 spiro atoms. The first-order chi connectivity index (χ1) is 14.9. The van der Waals surface area contributed by atoms with Gasteiger partial charge in [-0.05, 0) is 49.8 Å². The van der Waals surface area contributed by atoms with Gasteiger partial charge in [0.2, 0.25) is 11.9 Å². The number of nitrogens with two attached hydrogens (primary N) is 1. The molecular weight excluding hydrogens is 414 g/mol. The van der Waals surface area contributed by atoms with Gasteiger partial charge in [0.25, 0.3) is 5.91 Å². The van der Waals surface area contributed by atoms with Crippen LogP contribution in [0.15, 0.2) is 35.7 Å². The van der Waals surface area contributed by atoms with E-state index in [0.717, 1.165) is 39.4 Å². The van der Waals surface area contributed by atoms with Gasteiger partial charge in [0.15, 0.2) is 5.82 Å². The van der Waals surface area contributed by atoms with Crippen LogP contribution < -0.4 is 16.4 Å². The number of aryl methyl sites for hydroxylation is 2. The van der Waals surface area contributed by atoms with Crippen molar-refractivity contribution in [1.29, 1.82) is 0 Å². The fourth-order valence-electron chi connectivity index (χ4n) is 4.16. The van der Waals surface area contributed by atoms with Gasteiger partial charge in [0, 0.05) is 16.1 Å². The summed E-state index contributed by atoms with van der Waals surface area (Å²) in [6.07, 6.45) is 2.35. The molecule has 0 bridgehead atoms. The van der Waals surface area contributed by atoms with Crippen LogP contribution in [0.25, 0.3) is 0 Å². The molecule has 4 N–H and O–H groups in total. The van der Waals surface area contributed by atoms with E-state index < -0.39 is 11.6 Å². The molecule has 3 aromatic rings. The van der Waals surface area contributed by atoms with Crippen LogP contribution in [0.5, 0.6) is 0 Å². The number of aromatic nitrogens is 3. The summed E-state index contributed by atoms with van der Waals surface area (Å²) >= 11 is 1.62. The van der Waals surface area contributed by atoms with Crippen molar-refractivity contribution in [1.82, 2.24) is 25.2 Å². The average molecular weight is 436 g/mol. The predicted octanol–water partition coefficient (Wildman–Crippen LogP) is 2.85. The van der Waals surface area contributed by atoms with Gasteiger partial charge in [-0.2, -0.15) is 15.0 Å². The average Bonchev–Trinajstić information content (AvgIpc) is 3.30. The molecule has 1 unspecified atom stereocenters. The summed E-state index contributed by atoms with van der Waals surface area (Å²) in [5, 5.41) is 7.98. The number of urea groups is 1. The lowest BCUT2D eigenvalue weighted by Gasteiger charge is -2.31. The van der Waals surface area contributed by atoms with E-state index in [0.29, 0.717) is 6.42 Å². The van der Waals surface area contributed by atoms with E-state index in [-0.39, 0.29) is 30.2 Å². The second kappa shape index (κ2) is 7.31. The first-order valence-electron chi connectivity index (χ1n) is 10.00. The minimum Gasteiger partial charge on any atom is -0.368 e. The van der Waals surface area contributed by atoms with E-state index in [1.54, 1.807) is 11.3 Å². The molecule has 1 fully saturated rings. The lowest BCUT2D eigenvalue weighted by Crippen LogP contribution is -2.46. The number of rotatable bonds is 4. The fourth-order valence-corrected chi connectivity index (χ4v) is 5.16. The van der Waals surface area contributed by atoms with Crippen LogP contribution in [0.1, 0.15) is 34.7 Å². The largest absolute Gasteiger partial charge is 0.368 e. The summed E-state index contributed by atoms with van der Waals surface area (Å²) in [6, 6.07) is 9.21. The van der Waals surface area contributed by atoms with Crippen LogP contribution in [-0.4, -0.2) is 31.8 Å². The number of benzene rings is 1. The van der Waals surface area contributed by atoms with Crippen LogP contribution in [0.4, 0.5) is 22.4 Å². The van der Waals surface area contributed by atoms with E-state index in [2.05, 4.69) is 25.6 Å².